The van der Waals surface area contributed by atoms with Gasteiger partial charge in [0.25, 0.3) is 0 Å². The molecule has 44 nitrogen and oxygen atoms in total. The Morgan fingerprint density at radius 2 is 1.11 bits per heavy atom. The molecule has 133 heavy (non-hydrogen) atoms. The van der Waals surface area contributed by atoms with E-state index in [1.807, 2.05) is 88.7 Å². The minimum absolute atomic E-state index is 0.0498. The number of aliphatic hydroxyl groups excluding tert-OH is 1. The molecule has 22 N–H and O–H groups in total. The highest BCUT2D eigenvalue weighted by Crippen LogP contribution is 2.46. The van der Waals surface area contributed by atoms with Gasteiger partial charge in [0.2, 0.25) is 82.7 Å². The average Bonchev–Trinajstić information content (AvgIpc) is 1.62. The molecule has 0 spiro atoms. The molecule has 12 unspecified atom stereocenters. The summed E-state index contributed by atoms with van der Waals surface area (Å²) in [7, 11) is 0. The van der Waals surface area contributed by atoms with E-state index in [1.165, 1.54) is 29.2 Å². The molecular weight excluding hydrogens is 1740 g/mol. The number of aliphatic carboxylic acids is 4. The van der Waals surface area contributed by atoms with Gasteiger partial charge in [-0.2, -0.15) is 0 Å². The van der Waals surface area contributed by atoms with Gasteiger partial charge in [-0.15, -0.1) is 0 Å². The molecule has 0 aromatic heterocycles. The van der Waals surface area contributed by atoms with Crippen LogP contribution in [0.2, 0.25) is 0 Å². The predicted molar refractivity (Wildman–Crippen MR) is 467 cm³/mol. The molecule has 15 atom stereocenters. The van der Waals surface area contributed by atoms with Crippen molar-refractivity contribution < 1.29 is 136 Å². The number of nitrogen functional groups attached to an aromatic ring is 1. The number of nitrogens with one attached hydrogen (secondary N) is 13. The molecule has 2 fully saturated rings. The highest BCUT2D eigenvalue weighted by Gasteiger charge is 2.47. The van der Waals surface area contributed by atoms with E-state index in [0.717, 1.165) is 92.7 Å². The fourth-order valence-electron chi connectivity index (χ4n) is 16.2. The summed E-state index contributed by atoms with van der Waals surface area (Å²) in [5.74, 6) is -30.5. The summed E-state index contributed by atoms with van der Waals surface area (Å²) in [5, 5.41) is 79.2. The summed E-state index contributed by atoms with van der Waals surface area (Å²) in [4.78, 5) is 294. The molecule has 8 rings (SSSR count). The zero-order valence-electron chi connectivity index (χ0n) is 73.7. The lowest BCUT2D eigenvalue weighted by atomic mass is 9.81. The minimum atomic E-state index is -2.49. The van der Waals surface area contributed by atoms with Crippen molar-refractivity contribution in [3.05, 3.63) is 125 Å². The van der Waals surface area contributed by atoms with E-state index >= 15 is 14.4 Å². The first kappa shape index (κ1) is 104. The average molecular weight is 1860 g/mol. The van der Waals surface area contributed by atoms with Crippen LogP contribution in [-0.4, -0.2) is 267 Å². The zero-order chi connectivity index (χ0) is 97.4. The molecule has 2 aliphatic carbocycles. The molecule has 0 bridgehead atoms. The van der Waals surface area contributed by atoms with Crippen molar-refractivity contribution >= 4 is 130 Å². The van der Waals surface area contributed by atoms with E-state index in [0.29, 0.717) is 12.8 Å². The SMILES string of the molecule is CCCCCCCCCC(=O)N1CC2Cc3ccccc3C2C[C@@H]1C(=O)N[C@@H](CC(N)=O)C(=O)N[C@@H](CC(=O)O)C(=O)NC1C(=O)NCC(=O)NC(CCCNC(=O)OCC2c3ccccc3-c3ccccc32)C(=O)NC(CC(=O)O)C(=O)NC(C)C(=O)NC(CC(=O)O)C(=O)NCC(=O)NC(CO)C(=O)NC(C(C)CC(=O)O)C(=O)NC(CC(=O)c2ccccc2N)C(=O)OC1C. The van der Waals surface area contributed by atoms with E-state index in [1.54, 1.807) is 0 Å². The summed E-state index contributed by atoms with van der Waals surface area (Å²) in [6.45, 7) is 0.835. The molecule has 4 aliphatic rings. The summed E-state index contributed by atoms with van der Waals surface area (Å²) >= 11 is 0. The number of ketones is 1. The first-order valence-electron chi connectivity index (χ1n) is 43.6. The number of anilines is 1. The number of nitrogens with two attached hydrogens (primary N) is 2. The second-order valence-corrected chi connectivity index (χ2v) is 33.1. The van der Waals surface area contributed by atoms with Gasteiger partial charge in [-0.05, 0) is 109 Å². The number of ether oxygens (including phenoxy) is 2. The van der Waals surface area contributed by atoms with Crippen molar-refractivity contribution in [3.63, 3.8) is 0 Å². The maximum atomic E-state index is 15.1. The van der Waals surface area contributed by atoms with Crippen molar-refractivity contribution in [2.75, 3.05) is 45.1 Å². The number of alkyl carbamates (subject to hydrolysis) is 1. The number of hydrogen-bond donors (Lipinski definition) is 20. The molecule has 2 aliphatic heterocycles. The number of unbranched alkanes of at least 4 members (excludes halogenated alkanes) is 6. The Kier molecular flexibility index (Phi) is 39.1. The monoisotopic (exact) mass is 1850 g/mol. The first-order chi connectivity index (χ1) is 63.2. The number of primary amides is 1. The quantitative estimate of drug-likeness (QED) is 0.0106. The van der Waals surface area contributed by atoms with E-state index in [2.05, 4.69) is 60.1 Å². The van der Waals surface area contributed by atoms with Gasteiger partial charge < -0.3 is 120 Å². The molecular formula is C89H114N16O28. The van der Waals surface area contributed by atoms with E-state index in [-0.39, 0.29) is 68.0 Å². The van der Waals surface area contributed by atoms with E-state index < -0.39 is 268 Å². The Hall–Kier alpha value is -14.5. The Morgan fingerprint density at radius 3 is 1.72 bits per heavy atom. The number of carboxylic acids is 4. The zero-order valence-corrected chi connectivity index (χ0v) is 73.7. The maximum absolute atomic E-state index is 15.1. The normalized spacial score (nSPS) is 22.5. The molecule has 2 heterocycles. The van der Waals surface area contributed by atoms with Gasteiger partial charge in [-0.25, -0.2) is 9.59 Å². The van der Waals surface area contributed by atoms with E-state index in [9.17, 15) is 112 Å². The highest BCUT2D eigenvalue weighted by molar-refractivity contribution is 6.05. The summed E-state index contributed by atoms with van der Waals surface area (Å²) in [6, 6.07) is 4.72. The summed E-state index contributed by atoms with van der Waals surface area (Å²) in [6.07, 6.45) is -4.29. The Labute approximate surface area is 762 Å². The first-order valence-corrected chi connectivity index (χ1v) is 43.6. The standard InChI is InChI=1S/C89H114N16O28/c1-5-6-7-8-9-10-11-30-71(111)105-42-49-33-48-21-12-13-22-50(48)56(49)34-66(105)85(127)101-60(36-68(91)108)82(124)100-63(39-75(118)119)83(125)104-77-47(4)133-88(130)64(35-67(107)55-27-18-19-28-58(55)90)102-87(129)76(45(2)32-72(112)113)103-84(126)65(43-106)97-70(110)40-93-79(121)61(37-73(114)115)98-78(120)46(3)95-81(123)62(38-74(116)117)99-80(122)59(96-69(109)41-94-86(77)128)29-20-31-92-89(131)132-44-57-53-25-16-14-23-51(53)52-24-15-17-26-54(52)57/h12-19,21-28,45-47,49,56-57,59-66,76-77,106H,5-11,20,29-44,90H2,1-4H3,(H2,91,108)(H,92,131)(H,93,121)(H,94,128)(H,95,123)(H,96,109)(H,97,110)(H,98,120)(H,99,122)(H,100,124)(H,101,127)(H,102,129)(H,103,126)(H,104,125)(H,112,113)(H,114,115)(H,116,117)(H,118,119)/t45?,46?,47?,49?,56?,59?,60-,61?,62?,63-,64?,65?,66+,76?,77?/m0/s1. The van der Waals surface area contributed by atoms with Crippen molar-refractivity contribution in [1.82, 2.24) is 74.0 Å². The van der Waals surface area contributed by atoms with Gasteiger partial charge in [0.05, 0.1) is 51.8 Å². The highest BCUT2D eigenvalue weighted by atomic mass is 16.6. The van der Waals surface area contributed by atoms with Crippen LogP contribution in [-0.2, 0) is 107 Å². The van der Waals surface area contributed by atoms with Crippen LogP contribution in [0.3, 0.4) is 0 Å². The number of cyclic esters (lactones) is 1. The predicted octanol–water partition coefficient (Wildman–Crippen LogP) is -1.69. The van der Waals surface area contributed by atoms with Gasteiger partial charge in [-0.3, -0.25) is 91.1 Å². The number of para-hydroxylation sites is 1. The Balaban J connectivity index is 1.14. The van der Waals surface area contributed by atoms with Crippen molar-refractivity contribution in [2.45, 2.75) is 228 Å². The van der Waals surface area contributed by atoms with Crippen LogP contribution in [0.25, 0.3) is 11.1 Å². The smallest absolute Gasteiger partial charge is 0.407 e. The largest absolute Gasteiger partial charge is 0.481 e. The molecule has 718 valence electrons. The van der Waals surface area contributed by atoms with Gasteiger partial charge in [0.1, 0.15) is 79.2 Å². The number of Topliss-reactive ketones (excluding diaryl/α,β-unsaturated/α-hetero) is 1. The minimum Gasteiger partial charge on any atom is -0.481 e. The number of nitrogens with zero attached hydrogens (tertiary/aromatic N) is 1. The van der Waals surface area contributed by atoms with Crippen molar-refractivity contribution in [2.24, 2.45) is 17.6 Å². The number of esters is 1. The van der Waals surface area contributed by atoms with Gasteiger partial charge in [0.15, 0.2) is 5.78 Å². The maximum Gasteiger partial charge on any atom is 0.407 e. The lowest BCUT2D eigenvalue weighted by Gasteiger charge is -2.41. The van der Waals surface area contributed by atoms with Gasteiger partial charge in [-0.1, -0.05) is 137 Å². The molecule has 15 amide bonds. The number of benzene rings is 4. The van der Waals surface area contributed by atoms with Crippen LogP contribution in [0.1, 0.15) is 181 Å². The molecule has 44 heteroatoms. The lowest BCUT2D eigenvalue weighted by molar-refractivity contribution is -0.156. The number of rotatable bonds is 35. The third-order valence-corrected chi connectivity index (χ3v) is 23.1. The number of carboxylic acid groups (broad SMARTS) is 4. The topological polar surface area (TPSA) is 690 Å². The molecule has 0 saturated carbocycles. The second-order valence-electron chi connectivity index (χ2n) is 33.1. The number of carbonyl (C=O) groups excluding carboxylic acids is 17. The molecule has 2 saturated heterocycles. The van der Waals surface area contributed by atoms with E-state index in [4.69, 9.17) is 20.9 Å². The second kappa shape index (κ2) is 50.1. The number of likely N-dealkylation sites (tertiary alicyclic amines) is 1. The van der Waals surface area contributed by atoms with Crippen molar-refractivity contribution in [1.29, 1.82) is 0 Å². The van der Waals surface area contributed by atoms with Crippen LogP contribution >= 0.6 is 0 Å². The third-order valence-electron chi connectivity index (χ3n) is 23.1. The van der Waals surface area contributed by atoms with Crippen LogP contribution in [0.4, 0.5) is 10.5 Å². The lowest BCUT2D eigenvalue weighted by Crippen LogP contribution is -2.62. The van der Waals surface area contributed by atoms with Gasteiger partial charge >= 0.3 is 35.9 Å². The fraction of sp³-hybridized carbons (Fsp3) is 0.494. The van der Waals surface area contributed by atoms with Crippen LogP contribution in [0, 0.1) is 11.8 Å². The summed E-state index contributed by atoms with van der Waals surface area (Å²) < 4.78 is 11.4. The molecule has 4 aromatic rings. The van der Waals surface area contributed by atoms with Crippen LogP contribution < -0.4 is 80.6 Å². The van der Waals surface area contributed by atoms with Gasteiger partial charge in [0, 0.05) is 43.1 Å². The van der Waals surface area contributed by atoms with Crippen LogP contribution in [0.5, 0.6) is 0 Å². The fourth-order valence-corrected chi connectivity index (χ4v) is 16.2. The number of hydrogen-bond acceptors (Lipinski definition) is 25. The number of fused-ring (bicyclic) bond motifs is 6. The Bertz CT molecular complexity index is 4960. The third kappa shape index (κ3) is 30.6. The van der Waals surface area contributed by atoms with Crippen molar-refractivity contribution in [3.8, 4) is 11.1 Å². The molecule has 4 aromatic carbocycles. The molecule has 0 radical (unpaired) electrons. The number of amides is 15. The number of carbonyl (C=O) groups is 21. The number of piperidine rings is 1. The Morgan fingerprint density at radius 1 is 0.556 bits per heavy atom. The number of aliphatic hydroxyl groups is 1. The van der Waals surface area contributed by atoms with Crippen LogP contribution in [0.15, 0.2) is 97.1 Å². The summed E-state index contributed by atoms with van der Waals surface area (Å²) in [5.41, 5.74) is 16.8.